The Morgan fingerprint density at radius 1 is 1.30 bits per heavy atom. The molecule has 1 N–H and O–H groups in total. The first kappa shape index (κ1) is 14.1. The summed E-state index contributed by atoms with van der Waals surface area (Å²) in [7, 11) is 0. The van der Waals surface area contributed by atoms with Gasteiger partial charge in [-0.2, -0.15) is 4.98 Å². The van der Waals surface area contributed by atoms with Crippen LogP contribution < -0.4 is 5.32 Å². The first-order chi connectivity index (χ1) is 9.62. The Balaban J connectivity index is 1.70. The van der Waals surface area contributed by atoms with Crippen molar-refractivity contribution in [1.29, 1.82) is 0 Å². The van der Waals surface area contributed by atoms with E-state index in [1.165, 1.54) is 38.5 Å². The van der Waals surface area contributed by atoms with E-state index in [1.807, 2.05) is 0 Å². The molecule has 0 spiro atoms. The Kier molecular flexibility index (Phi) is 3.85. The second-order valence-corrected chi connectivity index (χ2v) is 7.19. The van der Waals surface area contributed by atoms with Crippen molar-refractivity contribution in [1.82, 2.24) is 15.5 Å². The van der Waals surface area contributed by atoms with Crippen molar-refractivity contribution in [3.63, 3.8) is 0 Å². The summed E-state index contributed by atoms with van der Waals surface area (Å²) in [5.74, 6) is 2.73. The second kappa shape index (κ2) is 5.47. The lowest BCUT2D eigenvalue weighted by atomic mass is 9.84. The lowest BCUT2D eigenvalue weighted by molar-refractivity contribution is 0.262. The lowest BCUT2D eigenvalue weighted by Gasteiger charge is -2.29. The number of hydrogen-bond acceptors (Lipinski definition) is 4. The van der Waals surface area contributed by atoms with E-state index in [-0.39, 0.29) is 0 Å². The van der Waals surface area contributed by atoms with Crippen LogP contribution >= 0.6 is 0 Å². The van der Waals surface area contributed by atoms with Gasteiger partial charge in [-0.25, -0.2) is 0 Å². The predicted molar refractivity (Wildman–Crippen MR) is 78.7 cm³/mol. The molecule has 0 radical (unpaired) electrons. The Hall–Kier alpha value is -0.900. The summed E-state index contributed by atoms with van der Waals surface area (Å²) >= 11 is 0. The number of nitrogens with zero attached hydrogens (tertiary/aromatic N) is 2. The number of rotatable bonds is 5. The predicted octanol–water partition coefficient (Wildman–Crippen LogP) is 3.61. The van der Waals surface area contributed by atoms with Crippen LogP contribution in [0.15, 0.2) is 4.52 Å². The lowest BCUT2D eigenvalue weighted by Crippen LogP contribution is -2.37. The van der Waals surface area contributed by atoms with Gasteiger partial charge < -0.3 is 9.84 Å². The van der Waals surface area contributed by atoms with Crippen LogP contribution in [0.2, 0.25) is 0 Å². The van der Waals surface area contributed by atoms with Crippen molar-refractivity contribution in [3.8, 4) is 0 Å². The van der Waals surface area contributed by atoms with Crippen molar-refractivity contribution in [2.24, 2.45) is 5.41 Å². The molecule has 2 aliphatic rings. The zero-order valence-corrected chi connectivity index (χ0v) is 13.0. The number of nitrogens with one attached hydrogen (secondary N) is 1. The van der Waals surface area contributed by atoms with E-state index >= 15 is 0 Å². The molecule has 2 saturated carbocycles. The van der Waals surface area contributed by atoms with Gasteiger partial charge in [-0.05, 0) is 37.6 Å². The molecule has 3 rings (SSSR count). The highest BCUT2D eigenvalue weighted by atomic mass is 16.5. The zero-order chi connectivity index (χ0) is 14.2. The third-order valence-electron chi connectivity index (χ3n) is 5.02. The summed E-state index contributed by atoms with van der Waals surface area (Å²) in [6.45, 7) is 7.85. The van der Waals surface area contributed by atoms with E-state index in [0.29, 0.717) is 23.3 Å². The van der Waals surface area contributed by atoms with Gasteiger partial charge in [0, 0.05) is 12.0 Å². The maximum absolute atomic E-state index is 5.61. The summed E-state index contributed by atoms with van der Waals surface area (Å²) in [4.78, 5) is 4.73. The van der Waals surface area contributed by atoms with E-state index in [2.05, 4.69) is 31.2 Å². The number of hydrogen-bond donors (Lipinski definition) is 1. The molecule has 0 saturated heterocycles. The average molecular weight is 277 g/mol. The molecule has 2 fully saturated rings. The summed E-state index contributed by atoms with van der Waals surface area (Å²) in [5, 5.41) is 7.91. The molecule has 0 amide bonds. The summed E-state index contributed by atoms with van der Waals surface area (Å²) in [5.41, 5.74) is 0.369. The van der Waals surface area contributed by atoms with Gasteiger partial charge in [0.05, 0.1) is 5.92 Å². The third kappa shape index (κ3) is 2.76. The molecular weight excluding hydrogens is 250 g/mol. The highest BCUT2D eigenvalue weighted by molar-refractivity contribution is 5.15. The van der Waals surface area contributed by atoms with Crippen LogP contribution in [-0.4, -0.2) is 22.7 Å². The van der Waals surface area contributed by atoms with E-state index in [1.54, 1.807) is 0 Å². The first-order valence-corrected chi connectivity index (χ1v) is 8.18. The minimum absolute atomic E-state index is 0.369. The highest BCUT2D eigenvalue weighted by Gasteiger charge is 2.49. The highest BCUT2D eigenvalue weighted by Crippen LogP contribution is 2.57. The third-order valence-corrected chi connectivity index (χ3v) is 5.02. The van der Waals surface area contributed by atoms with Gasteiger partial charge in [-0.1, -0.05) is 38.8 Å². The van der Waals surface area contributed by atoms with Gasteiger partial charge in [-0.3, -0.25) is 0 Å². The van der Waals surface area contributed by atoms with E-state index in [0.717, 1.165) is 18.3 Å². The fraction of sp³-hybridized carbons (Fsp3) is 0.875. The topological polar surface area (TPSA) is 51.0 Å². The first-order valence-electron chi connectivity index (χ1n) is 8.18. The molecule has 1 heterocycles. The minimum Gasteiger partial charge on any atom is -0.339 e. The van der Waals surface area contributed by atoms with Crippen molar-refractivity contribution in [2.45, 2.75) is 77.2 Å². The Morgan fingerprint density at radius 2 is 2.05 bits per heavy atom. The number of aromatic nitrogens is 2. The Morgan fingerprint density at radius 3 is 2.75 bits per heavy atom. The van der Waals surface area contributed by atoms with Gasteiger partial charge in [-0.15, -0.1) is 0 Å². The van der Waals surface area contributed by atoms with Crippen LogP contribution in [0.3, 0.4) is 0 Å². The van der Waals surface area contributed by atoms with E-state index < -0.39 is 0 Å². The molecule has 0 aliphatic heterocycles. The van der Waals surface area contributed by atoms with Gasteiger partial charge in [0.15, 0.2) is 5.82 Å². The van der Waals surface area contributed by atoms with Crippen LogP contribution in [0.1, 0.15) is 82.8 Å². The van der Waals surface area contributed by atoms with Crippen LogP contribution in [-0.2, 0) is 0 Å². The van der Waals surface area contributed by atoms with Crippen LogP contribution in [0.25, 0.3) is 0 Å². The average Bonchev–Trinajstić information content (AvgIpc) is 2.89. The molecule has 4 nitrogen and oxygen atoms in total. The molecule has 2 aliphatic carbocycles. The normalized spacial score (nSPS) is 32.2. The second-order valence-electron chi connectivity index (χ2n) is 7.19. The standard InChI is InChI=1S/C16H27N3O/c1-4-9-17-13-8-6-5-7-11(13)15-18-14(19-20-15)12-10-16(12,2)3/h11-13,17H,4-10H2,1-3H3. The smallest absolute Gasteiger partial charge is 0.231 e. The minimum atomic E-state index is 0.369. The fourth-order valence-electron chi connectivity index (χ4n) is 3.45. The molecule has 0 bridgehead atoms. The fourth-order valence-corrected chi connectivity index (χ4v) is 3.45. The molecule has 3 atom stereocenters. The molecule has 20 heavy (non-hydrogen) atoms. The Labute approximate surface area is 121 Å². The van der Waals surface area contributed by atoms with Crippen molar-refractivity contribution in [3.05, 3.63) is 11.7 Å². The van der Waals surface area contributed by atoms with Gasteiger partial charge in [0.25, 0.3) is 0 Å². The van der Waals surface area contributed by atoms with Crippen LogP contribution in [0.5, 0.6) is 0 Å². The van der Waals surface area contributed by atoms with E-state index in [4.69, 9.17) is 9.51 Å². The molecular formula is C16H27N3O. The summed E-state index contributed by atoms with van der Waals surface area (Å²) in [6.07, 6.45) is 7.37. The van der Waals surface area contributed by atoms with Crippen LogP contribution in [0.4, 0.5) is 0 Å². The Bertz CT molecular complexity index is 454. The molecule has 3 unspecified atom stereocenters. The van der Waals surface area contributed by atoms with Crippen molar-refractivity contribution >= 4 is 0 Å². The monoisotopic (exact) mass is 277 g/mol. The van der Waals surface area contributed by atoms with E-state index in [9.17, 15) is 0 Å². The van der Waals surface area contributed by atoms with Gasteiger partial charge in [0.2, 0.25) is 5.89 Å². The summed E-state index contributed by atoms with van der Waals surface area (Å²) in [6, 6.07) is 0.518. The largest absolute Gasteiger partial charge is 0.339 e. The van der Waals surface area contributed by atoms with Gasteiger partial charge >= 0.3 is 0 Å². The maximum atomic E-state index is 5.61. The molecule has 1 aromatic rings. The maximum Gasteiger partial charge on any atom is 0.231 e. The quantitative estimate of drug-likeness (QED) is 0.893. The van der Waals surface area contributed by atoms with Crippen molar-refractivity contribution < 1.29 is 4.52 Å². The van der Waals surface area contributed by atoms with Crippen LogP contribution in [0, 0.1) is 5.41 Å². The molecule has 1 aromatic heterocycles. The SMILES string of the molecule is CCCNC1CCCCC1c1nc(C2CC2(C)C)no1. The zero-order valence-electron chi connectivity index (χ0n) is 13.0. The van der Waals surface area contributed by atoms with Gasteiger partial charge in [0.1, 0.15) is 0 Å². The molecule has 4 heteroatoms. The van der Waals surface area contributed by atoms with Crippen molar-refractivity contribution in [2.75, 3.05) is 6.54 Å². The molecule has 112 valence electrons. The summed E-state index contributed by atoms with van der Waals surface area (Å²) < 4.78 is 5.61. The molecule has 0 aromatic carbocycles.